The summed E-state index contributed by atoms with van der Waals surface area (Å²) in [5.74, 6) is 0.408. The first kappa shape index (κ1) is 14.7. The van der Waals surface area contributed by atoms with E-state index in [0.717, 1.165) is 16.8 Å². The lowest BCUT2D eigenvalue weighted by Gasteiger charge is -2.15. The first-order valence-electron chi connectivity index (χ1n) is 7.51. The van der Waals surface area contributed by atoms with Crippen LogP contribution in [0.4, 0.5) is 10.6 Å². The topological polar surface area (TPSA) is 63.1 Å². The summed E-state index contributed by atoms with van der Waals surface area (Å²) in [6, 6.07) is 15.0. The van der Waals surface area contributed by atoms with Crippen LogP contribution in [0.1, 0.15) is 11.1 Å². The van der Waals surface area contributed by atoms with Crippen molar-refractivity contribution >= 4 is 23.4 Å². The number of fused-ring (bicyclic) bond motifs is 1. The predicted molar refractivity (Wildman–Crippen MR) is 91.1 cm³/mol. The maximum atomic E-state index is 12.4. The zero-order valence-corrected chi connectivity index (χ0v) is 13.4. The molecule has 7 heteroatoms. The summed E-state index contributed by atoms with van der Waals surface area (Å²) < 4.78 is 0. The average Bonchev–Trinajstić information content (AvgIpc) is 3.23. The van der Waals surface area contributed by atoms with Gasteiger partial charge in [-0.25, -0.2) is 4.79 Å². The number of carbonyl (C=O) groups excluding carboxylic acids is 1. The average molecular weight is 340 g/mol. The Bertz CT molecular complexity index is 893. The molecule has 0 unspecified atom stereocenters. The van der Waals surface area contributed by atoms with E-state index in [9.17, 15) is 4.79 Å². The van der Waals surface area contributed by atoms with Gasteiger partial charge in [0.25, 0.3) is 0 Å². The molecule has 0 spiro atoms. The lowest BCUT2D eigenvalue weighted by Crippen LogP contribution is -2.30. The fourth-order valence-electron chi connectivity index (χ4n) is 2.72. The molecule has 2 aromatic carbocycles. The van der Waals surface area contributed by atoms with Gasteiger partial charge in [0.2, 0.25) is 0 Å². The molecule has 0 aliphatic carbocycles. The van der Waals surface area contributed by atoms with E-state index in [2.05, 4.69) is 15.5 Å². The summed E-state index contributed by atoms with van der Waals surface area (Å²) in [4.78, 5) is 15.6. The Labute approximate surface area is 143 Å². The summed E-state index contributed by atoms with van der Waals surface area (Å²) >= 11 is 6.19. The third-order valence-corrected chi connectivity index (χ3v) is 4.28. The van der Waals surface area contributed by atoms with Crippen LogP contribution in [0.2, 0.25) is 5.02 Å². The number of urea groups is 1. The van der Waals surface area contributed by atoms with Crippen molar-refractivity contribution in [2.75, 3.05) is 5.32 Å². The highest BCUT2D eigenvalue weighted by molar-refractivity contribution is 6.31. The third-order valence-electron chi connectivity index (χ3n) is 3.93. The number of benzene rings is 2. The molecule has 120 valence electrons. The van der Waals surface area contributed by atoms with Gasteiger partial charge < -0.3 is 4.90 Å². The molecule has 1 aliphatic heterocycles. The van der Waals surface area contributed by atoms with Gasteiger partial charge in [0.05, 0.1) is 11.9 Å². The van der Waals surface area contributed by atoms with Crippen molar-refractivity contribution in [3.8, 4) is 5.69 Å². The molecule has 24 heavy (non-hydrogen) atoms. The second-order valence-corrected chi connectivity index (χ2v) is 5.93. The van der Waals surface area contributed by atoms with Gasteiger partial charge in [0, 0.05) is 18.1 Å². The molecule has 2 heterocycles. The van der Waals surface area contributed by atoms with Gasteiger partial charge in [0.1, 0.15) is 0 Å². The lowest BCUT2D eigenvalue weighted by molar-refractivity contribution is 0.212. The number of anilines is 1. The molecule has 2 amide bonds. The number of carbonyl (C=O) groups is 1. The molecule has 6 nitrogen and oxygen atoms in total. The van der Waals surface area contributed by atoms with Crippen LogP contribution in [0.5, 0.6) is 0 Å². The van der Waals surface area contributed by atoms with Crippen molar-refractivity contribution in [3.63, 3.8) is 0 Å². The van der Waals surface area contributed by atoms with Crippen LogP contribution in [0.15, 0.2) is 54.7 Å². The molecule has 1 N–H and O–H groups in total. The van der Waals surface area contributed by atoms with E-state index in [1.54, 1.807) is 4.90 Å². The number of nitrogens with zero attached hydrogens (tertiary/aromatic N) is 4. The first-order valence-corrected chi connectivity index (χ1v) is 7.88. The van der Waals surface area contributed by atoms with E-state index in [0.29, 0.717) is 23.9 Å². The maximum absolute atomic E-state index is 12.4. The SMILES string of the molecule is O=C(Nc1cnn(-c2ccccc2)n1)N1Cc2cccc(Cl)c2C1. The van der Waals surface area contributed by atoms with E-state index < -0.39 is 0 Å². The molecule has 0 bridgehead atoms. The van der Waals surface area contributed by atoms with Crippen molar-refractivity contribution in [2.45, 2.75) is 13.1 Å². The highest BCUT2D eigenvalue weighted by Gasteiger charge is 2.25. The molecular formula is C17H14ClN5O. The van der Waals surface area contributed by atoms with Gasteiger partial charge in [-0.3, -0.25) is 5.32 Å². The fraction of sp³-hybridized carbons (Fsp3) is 0.118. The Morgan fingerprint density at radius 3 is 2.71 bits per heavy atom. The van der Waals surface area contributed by atoms with Crippen LogP contribution in [-0.2, 0) is 13.1 Å². The minimum Gasteiger partial charge on any atom is -0.316 e. The van der Waals surface area contributed by atoms with Crippen LogP contribution >= 0.6 is 11.6 Å². The van der Waals surface area contributed by atoms with E-state index in [4.69, 9.17) is 11.6 Å². The number of nitrogens with one attached hydrogen (secondary N) is 1. The Morgan fingerprint density at radius 1 is 1.08 bits per heavy atom. The number of aromatic nitrogens is 3. The zero-order chi connectivity index (χ0) is 16.5. The Kier molecular flexibility index (Phi) is 3.66. The van der Waals surface area contributed by atoms with Crippen LogP contribution < -0.4 is 5.32 Å². The normalized spacial score (nSPS) is 13.0. The summed E-state index contributed by atoms with van der Waals surface area (Å²) in [7, 11) is 0. The standard InChI is InChI=1S/C17H14ClN5O/c18-15-8-4-5-12-10-22(11-14(12)15)17(24)20-16-9-19-23(21-16)13-6-2-1-3-7-13/h1-9H,10-11H2,(H,20,21,24). The number of halogens is 1. The third kappa shape index (κ3) is 2.72. The number of hydrogen-bond acceptors (Lipinski definition) is 3. The van der Waals surface area contributed by atoms with E-state index >= 15 is 0 Å². The molecule has 4 rings (SSSR count). The van der Waals surface area contributed by atoms with Gasteiger partial charge in [-0.2, -0.15) is 5.10 Å². The fourth-order valence-corrected chi connectivity index (χ4v) is 2.97. The molecule has 1 aromatic heterocycles. The number of hydrogen-bond donors (Lipinski definition) is 1. The van der Waals surface area contributed by atoms with Crippen LogP contribution in [-0.4, -0.2) is 25.9 Å². The molecule has 0 radical (unpaired) electrons. The van der Waals surface area contributed by atoms with Gasteiger partial charge in [-0.1, -0.05) is 41.9 Å². The molecule has 0 atom stereocenters. The maximum Gasteiger partial charge on any atom is 0.323 e. The minimum atomic E-state index is -0.220. The molecule has 0 saturated heterocycles. The van der Waals surface area contributed by atoms with Crippen LogP contribution in [0, 0.1) is 0 Å². The Morgan fingerprint density at radius 2 is 1.92 bits per heavy atom. The van der Waals surface area contributed by atoms with Crippen molar-refractivity contribution in [2.24, 2.45) is 0 Å². The van der Waals surface area contributed by atoms with Crippen molar-refractivity contribution in [3.05, 3.63) is 70.9 Å². The summed E-state index contributed by atoms with van der Waals surface area (Å²) in [5, 5.41) is 11.9. The van der Waals surface area contributed by atoms with Gasteiger partial charge in [-0.15, -0.1) is 9.90 Å². The highest BCUT2D eigenvalue weighted by atomic mass is 35.5. The number of para-hydroxylation sites is 1. The van der Waals surface area contributed by atoms with Gasteiger partial charge in [-0.05, 0) is 29.3 Å². The molecule has 1 aliphatic rings. The zero-order valence-electron chi connectivity index (χ0n) is 12.7. The van der Waals surface area contributed by atoms with Crippen molar-refractivity contribution in [1.82, 2.24) is 19.9 Å². The highest BCUT2D eigenvalue weighted by Crippen LogP contribution is 2.29. The summed E-state index contributed by atoms with van der Waals surface area (Å²) in [5.41, 5.74) is 2.91. The van der Waals surface area contributed by atoms with E-state index in [1.165, 1.54) is 11.0 Å². The van der Waals surface area contributed by atoms with Crippen molar-refractivity contribution in [1.29, 1.82) is 0 Å². The monoisotopic (exact) mass is 339 g/mol. The lowest BCUT2D eigenvalue weighted by atomic mass is 10.1. The predicted octanol–water partition coefficient (Wildman–Crippen LogP) is 3.47. The Balaban J connectivity index is 1.46. The number of amides is 2. The molecule has 0 fully saturated rings. The largest absolute Gasteiger partial charge is 0.323 e. The van der Waals surface area contributed by atoms with Crippen LogP contribution in [0.3, 0.4) is 0 Å². The van der Waals surface area contributed by atoms with Gasteiger partial charge >= 0.3 is 6.03 Å². The smallest absolute Gasteiger partial charge is 0.316 e. The van der Waals surface area contributed by atoms with E-state index in [1.807, 2.05) is 48.5 Å². The second kappa shape index (κ2) is 5.98. The Hall–Kier alpha value is -2.86. The van der Waals surface area contributed by atoms with Crippen molar-refractivity contribution < 1.29 is 4.79 Å². The second-order valence-electron chi connectivity index (χ2n) is 5.52. The molecular weight excluding hydrogens is 326 g/mol. The number of rotatable bonds is 2. The van der Waals surface area contributed by atoms with Crippen LogP contribution in [0.25, 0.3) is 5.69 Å². The summed E-state index contributed by atoms with van der Waals surface area (Å²) in [6.45, 7) is 1.03. The summed E-state index contributed by atoms with van der Waals surface area (Å²) in [6.07, 6.45) is 1.53. The van der Waals surface area contributed by atoms with Gasteiger partial charge in [0.15, 0.2) is 5.82 Å². The molecule has 0 saturated carbocycles. The minimum absolute atomic E-state index is 0.220. The van der Waals surface area contributed by atoms with E-state index in [-0.39, 0.29) is 6.03 Å². The molecule has 3 aromatic rings. The quantitative estimate of drug-likeness (QED) is 0.777. The first-order chi connectivity index (χ1) is 11.7.